The molecule has 7 heteroatoms. The normalized spacial score (nSPS) is 13.4. The van der Waals surface area contributed by atoms with Gasteiger partial charge in [-0.25, -0.2) is 0 Å². The van der Waals surface area contributed by atoms with E-state index in [9.17, 15) is 9.59 Å². The van der Waals surface area contributed by atoms with Gasteiger partial charge < -0.3 is 15.0 Å². The summed E-state index contributed by atoms with van der Waals surface area (Å²) in [6, 6.07) is 11.8. The Morgan fingerprint density at radius 1 is 1.22 bits per heavy atom. The zero-order chi connectivity index (χ0) is 19.2. The van der Waals surface area contributed by atoms with Gasteiger partial charge in [0.1, 0.15) is 5.75 Å². The molecule has 0 unspecified atom stereocenters. The molecular formula is C20H25N3O3S. The average molecular weight is 388 g/mol. The lowest BCUT2D eigenvalue weighted by Crippen LogP contribution is -2.42. The lowest BCUT2D eigenvalue weighted by Gasteiger charge is -2.24. The van der Waals surface area contributed by atoms with E-state index < -0.39 is 0 Å². The second-order valence-electron chi connectivity index (χ2n) is 6.75. The number of nitrogens with zero attached hydrogens (tertiary/aromatic N) is 2. The highest BCUT2D eigenvalue weighted by molar-refractivity contribution is 7.09. The highest BCUT2D eigenvalue weighted by Crippen LogP contribution is 2.29. The summed E-state index contributed by atoms with van der Waals surface area (Å²) in [5.74, 6) is 0.403. The summed E-state index contributed by atoms with van der Waals surface area (Å²) >= 11 is 1.71. The Balaban J connectivity index is 1.50. The van der Waals surface area contributed by atoms with Gasteiger partial charge in [-0.05, 0) is 36.4 Å². The van der Waals surface area contributed by atoms with E-state index in [0.29, 0.717) is 24.0 Å². The molecule has 1 heterocycles. The molecule has 0 saturated heterocycles. The molecule has 2 aromatic rings. The van der Waals surface area contributed by atoms with Crippen molar-refractivity contribution in [3.63, 3.8) is 0 Å². The van der Waals surface area contributed by atoms with Crippen molar-refractivity contribution in [2.75, 3.05) is 32.6 Å². The van der Waals surface area contributed by atoms with Crippen molar-refractivity contribution in [2.45, 2.75) is 25.4 Å². The molecule has 1 aromatic heterocycles. The van der Waals surface area contributed by atoms with Crippen LogP contribution in [0.2, 0.25) is 0 Å². The Morgan fingerprint density at radius 3 is 2.70 bits per heavy atom. The van der Waals surface area contributed by atoms with Gasteiger partial charge in [0.05, 0.1) is 20.2 Å². The summed E-state index contributed by atoms with van der Waals surface area (Å²) in [5, 5.41) is 4.86. The molecule has 1 N–H and O–H groups in total. The van der Waals surface area contributed by atoms with Crippen LogP contribution in [0.5, 0.6) is 5.75 Å². The van der Waals surface area contributed by atoms with Crippen LogP contribution in [-0.2, 0) is 16.1 Å². The van der Waals surface area contributed by atoms with Crippen molar-refractivity contribution >= 4 is 28.8 Å². The number of amides is 2. The van der Waals surface area contributed by atoms with Gasteiger partial charge in [-0.15, -0.1) is 11.3 Å². The zero-order valence-corrected chi connectivity index (χ0v) is 16.5. The number of nitrogens with one attached hydrogen (secondary N) is 1. The Bertz CT molecular complexity index is 775. The van der Waals surface area contributed by atoms with Crippen molar-refractivity contribution in [2.24, 2.45) is 0 Å². The van der Waals surface area contributed by atoms with Gasteiger partial charge in [-0.3, -0.25) is 14.5 Å². The molecule has 6 nitrogen and oxygen atoms in total. The summed E-state index contributed by atoms with van der Waals surface area (Å²) in [6.07, 6.45) is 2.28. The van der Waals surface area contributed by atoms with Crippen molar-refractivity contribution in [1.29, 1.82) is 0 Å². The Morgan fingerprint density at radius 2 is 2.04 bits per heavy atom. The van der Waals surface area contributed by atoms with Gasteiger partial charge in [0.2, 0.25) is 11.8 Å². The van der Waals surface area contributed by atoms with Crippen LogP contribution in [0.25, 0.3) is 0 Å². The Hall–Kier alpha value is -2.38. The number of carbonyl (C=O) groups excluding carboxylic acids is 2. The molecule has 1 aliphatic rings. The lowest BCUT2D eigenvalue weighted by atomic mass is 10.3. The van der Waals surface area contributed by atoms with Crippen LogP contribution in [0, 0.1) is 0 Å². The molecule has 2 amide bonds. The van der Waals surface area contributed by atoms with Crippen LogP contribution in [0.4, 0.5) is 5.69 Å². The number of rotatable bonds is 9. The predicted octanol–water partition coefficient (Wildman–Crippen LogP) is 2.82. The summed E-state index contributed by atoms with van der Waals surface area (Å²) in [7, 11) is 3.25. The van der Waals surface area contributed by atoms with Gasteiger partial charge in [0, 0.05) is 36.3 Å². The highest BCUT2D eigenvalue weighted by Gasteiger charge is 2.31. The number of anilines is 1. The van der Waals surface area contributed by atoms with E-state index in [0.717, 1.165) is 19.4 Å². The zero-order valence-electron chi connectivity index (χ0n) is 15.7. The first-order chi connectivity index (χ1) is 13.0. The van der Waals surface area contributed by atoms with Gasteiger partial charge in [0.25, 0.3) is 0 Å². The van der Waals surface area contributed by atoms with Crippen LogP contribution >= 0.6 is 11.3 Å². The van der Waals surface area contributed by atoms with Crippen LogP contribution in [0.15, 0.2) is 41.8 Å². The molecule has 1 aliphatic carbocycles. The van der Waals surface area contributed by atoms with E-state index >= 15 is 0 Å². The number of hydrogen-bond donors (Lipinski definition) is 1. The number of ether oxygens (including phenoxy) is 1. The maximum atomic E-state index is 12.6. The third-order valence-electron chi connectivity index (χ3n) is 4.50. The second-order valence-corrected chi connectivity index (χ2v) is 7.78. The first-order valence-corrected chi connectivity index (χ1v) is 9.87. The molecule has 0 radical (unpaired) electrons. The Labute approximate surface area is 163 Å². The number of hydrogen-bond acceptors (Lipinski definition) is 5. The van der Waals surface area contributed by atoms with Crippen LogP contribution in [0.3, 0.4) is 0 Å². The molecule has 1 aromatic carbocycles. The Kier molecular flexibility index (Phi) is 6.47. The molecule has 27 heavy (non-hydrogen) atoms. The van der Waals surface area contributed by atoms with Crippen LogP contribution < -0.4 is 10.1 Å². The fourth-order valence-electron chi connectivity index (χ4n) is 2.86. The summed E-state index contributed by atoms with van der Waals surface area (Å²) in [4.78, 5) is 29.8. The summed E-state index contributed by atoms with van der Waals surface area (Å²) in [5.41, 5.74) is 0.650. The van der Waals surface area contributed by atoms with E-state index in [1.54, 1.807) is 43.7 Å². The maximum absolute atomic E-state index is 12.6. The number of thiophene rings is 1. The minimum atomic E-state index is -0.227. The summed E-state index contributed by atoms with van der Waals surface area (Å²) in [6.45, 7) is 1.15. The average Bonchev–Trinajstić information content (AvgIpc) is 3.38. The van der Waals surface area contributed by atoms with Crippen LogP contribution in [-0.4, -0.2) is 54.9 Å². The van der Waals surface area contributed by atoms with E-state index in [1.165, 1.54) is 9.78 Å². The van der Waals surface area contributed by atoms with Crippen LogP contribution in [0.1, 0.15) is 17.7 Å². The number of methoxy groups -OCH3 is 1. The molecule has 0 atom stereocenters. The molecule has 1 fully saturated rings. The van der Waals surface area contributed by atoms with Crippen molar-refractivity contribution in [3.05, 3.63) is 46.7 Å². The monoisotopic (exact) mass is 387 g/mol. The maximum Gasteiger partial charge on any atom is 0.243 e. The predicted molar refractivity (Wildman–Crippen MR) is 107 cm³/mol. The molecule has 144 valence electrons. The topological polar surface area (TPSA) is 61.9 Å². The first kappa shape index (κ1) is 19.4. The molecule has 3 rings (SSSR count). The van der Waals surface area contributed by atoms with E-state index in [1.807, 2.05) is 12.1 Å². The summed E-state index contributed by atoms with van der Waals surface area (Å²) < 4.78 is 5.15. The fourth-order valence-corrected chi connectivity index (χ4v) is 3.59. The quantitative estimate of drug-likeness (QED) is 0.719. The van der Waals surface area contributed by atoms with Crippen molar-refractivity contribution in [3.8, 4) is 5.75 Å². The number of benzene rings is 1. The smallest absolute Gasteiger partial charge is 0.243 e. The molecular weight excluding hydrogens is 362 g/mol. The van der Waals surface area contributed by atoms with E-state index in [4.69, 9.17) is 4.74 Å². The van der Waals surface area contributed by atoms with Gasteiger partial charge in [-0.1, -0.05) is 12.1 Å². The van der Waals surface area contributed by atoms with Crippen molar-refractivity contribution < 1.29 is 14.3 Å². The van der Waals surface area contributed by atoms with E-state index in [-0.39, 0.29) is 18.4 Å². The largest absolute Gasteiger partial charge is 0.497 e. The molecule has 0 bridgehead atoms. The highest BCUT2D eigenvalue weighted by atomic mass is 32.1. The minimum absolute atomic E-state index is 0.0214. The standard InChI is InChI=1S/C20H25N3O3S/c1-22(13-19(24)21-15-5-3-6-17(11-15)26-2)20(25)14-23(16-8-9-16)12-18-7-4-10-27-18/h3-7,10-11,16H,8-9,12-14H2,1-2H3,(H,21,24). The van der Waals surface area contributed by atoms with Crippen molar-refractivity contribution in [1.82, 2.24) is 9.80 Å². The van der Waals surface area contributed by atoms with Gasteiger partial charge in [0.15, 0.2) is 0 Å². The number of likely N-dealkylation sites (N-methyl/N-ethyl adjacent to an activating group) is 1. The lowest BCUT2D eigenvalue weighted by molar-refractivity contribution is -0.134. The SMILES string of the molecule is COc1cccc(NC(=O)CN(C)C(=O)CN(Cc2cccs2)C2CC2)c1. The van der Waals surface area contributed by atoms with E-state index in [2.05, 4.69) is 21.7 Å². The van der Waals surface area contributed by atoms with Gasteiger partial charge >= 0.3 is 0 Å². The first-order valence-electron chi connectivity index (χ1n) is 8.99. The second kappa shape index (κ2) is 9.01. The fraction of sp³-hybridized carbons (Fsp3) is 0.400. The third kappa shape index (κ3) is 5.80. The molecule has 0 spiro atoms. The minimum Gasteiger partial charge on any atom is -0.497 e. The van der Waals surface area contributed by atoms with Gasteiger partial charge in [-0.2, -0.15) is 0 Å². The third-order valence-corrected chi connectivity index (χ3v) is 5.36. The molecule has 0 aliphatic heterocycles. The molecule has 1 saturated carbocycles. The number of carbonyl (C=O) groups is 2.